The van der Waals surface area contributed by atoms with Gasteiger partial charge in [-0.25, -0.2) is 0 Å². The lowest BCUT2D eigenvalue weighted by Crippen LogP contribution is -2.41. The molecule has 0 aromatic heterocycles. The van der Waals surface area contributed by atoms with Crippen LogP contribution in [0.15, 0.2) is 18.2 Å². The second-order valence-electron chi connectivity index (χ2n) is 4.20. The predicted molar refractivity (Wildman–Crippen MR) is 63.4 cm³/mol. The van der Waals surface area contributed by atoms with Crippen molar-refractivity contribution in [3.63, 3.8) is 0 Å². The van der Waals surface area contributed by atoms with Gasteiger partial charge in [-0.2, -0.15) is 18.4 Å². The summed E-state index contributed by atoms with van der Waals surface area (Å²) >= 11 is 0. The maximum Gasteiger partial charge on any atom is 0.418 e. The van der Waals surface area contributed by atoms with E-state index in [1.807, 2.05) is 6.07 Å². The van der Waals surface area contributed by atoms with Crippen LogP contribution in [0.4, 0.5) is 24.5 Å². The third kappa shape index (κ3) is 2.90. The first-order valence-electron chi connectivity index (χ1n) is 5.64. The Balaban J connectivity index is 2.29. The summed E-state index contributed by atoms with van der Waals surface area (Å²) in [7, 11) is 0. The van der Waals surface area contributed by atoms with E-state index in [0.717, 1.165) is 6.07 Å². The maximum absolute atomic E-state index is 12.8. The number of benzene rings is 1. The van der Waals surface area contributed by atoms with Gasteiger partial charge in [-0.05, 0) is 18.2 Å². The lowest BCUT2D eigenvalue weighted by atomic mass is 10.1. The topological polar surface area (TPSA) is 62.3 Å². The van der Waals surface area contributed by atoms with E-state index in [1.165, 1.54) is 12.1 Å². The zero-order valence-corrected chi connectivity index (χ0v) is 9.94. The second kappa shape index (κ2) is 4.97. The monoisotopic (exact) mass is 271 g/mol. The molecule has 1 aliphatic rings. The van der Waals surface area contributed by atoms with Gasteiger partial charge in [-0.1, -0.05) is 0 Å². The van der Waals surface area contributed by atoms with Crippen LogP contribution in [0.3, 0.4) is 0 Å². The van der Waals surface area contributed by atoms with Crippen LogP contribution in [0.5, 0.6) is 0 Å². The fourth-order valence-corrected chi connectivity index (χ4v) is 1.95. The van der Waals surface area contributed by atoms with Crippen molar-refractivity contribution in [2.75, 3.05) is 30.3 Å². The lowest BCUT2D eigenvalue weighted by molar-refractivity contribution is -0.136. The van der Waals surface area contributed by atoms with Crippen LogP contribution in [-0.4, -0.2) is 25.8 Å². The van der Waals surface area contributed by atoms with E-state index in [1.54, 1.807) is 4.90 Å². The average molecular weight is 271 g/mol. The van der Waals surface area contributed by atoms with E-state index >= 15 is 0 Å². The first-order chi connectivity index (χ1) is 8.91. The fraction of sp³-hybridized carbons (Fsp3) is 0.417. The van der Waals surface area contributed by atoms with Gasteiger partial charge in [-0.15, -0.1) is 0 Å². The highest BCUT2D eigenvalue weighted by Gasteiger charge is 2.34. The number of morpholine rings is 1. The normalized spacial score (nSPS) is 20.1. The Morgan fingerprint density at radius 2 is 2.16 bits per heavy atom. The highest BCUT2D eigenvalue weighted by Crippen LogP contribution is 2.36. The van der Waals surface area contributed by atoms with E-state index in [2.05, 4.69) is 0 Å². The molecular formula is C12H12F3N3O. The molecule has 0 aliphatic carbocycles. The molecule has 0 spiro atoms. The number of ether oxygens (including phenoxy) is 1. The molecule has 1 aromatic carbocycles. The molecule has 2 rings (SSSR count). The zero-order chi connectivity index (χ0) is 14.0. The summed E-state index contributed by atoms with van der Waals surface area (Å²) in [4.78, 5) is 1.69. The third-order valence-electron chi connectivity index (χ3n) is 2.92. The molecule has 7 heteroatoms. The van der Waals surface area contributed by atoms with Gasteiger partial charge in [0, 0.05) is 17.9 Å². The molecule has 2 N–H and O–H groups in total. The summed E-state index contributed by atoms with van der Waals surface area (Å²) in [6.07, 6.45) is -5.11. The first-order valence-corrected chi connectivity index (χ1v) is 5.64. The zero-order valence-electron chi connectivity index (χ0n) is 9.94. The van der Waals surface area contributed by atoms with Gasteiger partial charge in [-0.3, -0.25) is 0 Å². The van der Waals surface area contributed by atoms with E-state index in [4.69, 9.17) is 15.7 Å². The first kappa shape index (κ1) is 13.5. The molecule has 1 aromatic rings. The number of nitrogens with two attached hydrogens (primary N) is 1. The van der Waals surface area contributed by atoms with Crippen LogP contribution in [0.2, 0.25) is 0 Å². The van der Waals surface area contributed by atoms with Gasteiger partial charge in [0.2, 0.25) is 0 Å². The van der Waals surface area contributed by atoms with Gasteiger partial charge in [0.1, 0.15) is 0 Å². The van der Waals surface area contributed by atoms with Crippen molar-refractivity contribution in [2.45, 2.75) is 12.3 Å². The number of rotatable bonds is 1. The van der Waals surface area contributed by atoms with Gasteiger partial charge in [0.05, 0.1) is 24.8 Å². The number of hydrogen-bond donors (Lipinski definition) is 1. The Hall–Kier alpha value is -1.94. The van der Waals surface area contributed by atoms with Crippen LogP contribution < -0.4 is 10.6 Å². The number of nitriles is 1. The minimum atomic E-state index is -4.49. The summed E-state index contributed by atoms with van der Waals surface area (Å²) in [6.45, 7) is 1.00. The van der Waals surface area contributed by atoms with Gasteiger partial charge < -0.3 is 15.4 Å². The van der Waals surface area contributed by atoms with Crippen molar-refractivity contribution in [3.8, 4) is 6.07 Å². The average Bonchev–Trinajstić information content (AvgIpc) is 2.38. The van der Waals surface area contributed by atoms with E-state index in [-0.39, 0.29) is 12.2 Å². The van der Waals surface area contributed by atoms with E-state index in [9.17, 15) is 13.2 Å². The molecule has 1 aliphatic heterocycles. The van der Waals surface area contributed by atoms with Crippen molar-refractivity contribution in [1.82, 2.24) is 0 Å². The largest absolute Gasteiger partial charge is 0.418 e. The van der Waals surface area contributed by atoms with Crippen LogP contribution in [0, 0.1) is 11.3 Å². The van der Waals surface area contributed by atoms with Crippen LogP contribution in [-0.2, 0) is 10.9 Å². The summed E-state index contributed by atoms with van der Waals surface area (Å²) < 4.78 is 43.4. The number of anilines is 2. The van der Waals surface area contributed by atoms with Crippen molar-refractivity contribution in [2.24, 2.45) is 0 Å². The Morgan fingerprint density at radius 1 is 1.42 bits per heavy atom. The molecule has 1 saturated heterocycles. The lowest BCUT2D eigenvalue weighted by Gasteiger charge is -2.32. The second-order valence-corrected chi connectivity index (χ2v) is 4.20. The number of alkyl halides is 3. The highest BCUT2D eigenvalue weighted by molar-refractivity contribution is 5.59. The standard InChI is InChI=1S/C12H12F3N3O/c13-12(14,15)10-5-8(1-2-11(10)17)18-3-4-19-9(6-16)7-18/h1-2,5,9H,3-4,7,17H2. The quantitative estimate of drug-likeness (QED) is 0.794. The molecule has 1 atom stereocenters. The number of hydrogen-bond acceptors (Lipinski definition) is 4. The SMILES string of the molecule is N#CC1CN(c2ccc(N)c(C(F)(F)F)c2)CCO1. The number of halogens is 3. The highest BCUT2D eigenvalue weighted by atomic mass is 19.4. The molecule has 4 nitrogen and oxygen atoms in total. The summed E-state index contributed by atoms with van der Waals surface area (Å²) in [5.74, 6) is 0. The van der Waals surface area contributed by atoms with E-state index in [0.29, 0.717) is 18.8 Å². The molecule has 19 heavy (non-hydrogen) atoms. The minimum Gasteiger partial charge on any atom is -0.398 e. The smallest absolute Gasteiger partial charge is 0.398 e. The van der Waals surface area contributed by atoms with Crippen molar-refractivity contribution < 1.29 is 17.9 Å². The molecule has 0 amide bonds. The molecule has 0 bridgehead atoms. The third-order valence-corrected chi connectivity index (χ3v) is 2.92. The summed E-state index contributed by atoms with van der Waals surface area (Å²) in [6, 6.07) is 5.71. The van der Waals surface area contributed by atoms with Crippen molar-refractivity contribution >= 4 is 11.4 Å². The minimum absolute atomic E-state index is 0.248. The molecule has 1 unspecified atom stereocenters. The Labute approximate surface area is 108 Å². The van der Waals surface area contributed by atoms with Crippen LogP contribution in [0.1, 0.15) is 5.56 Å². The van der Waals surface area contributed by atoms with Gasteiger partial charge >= 0.3 is 6.18 Å². The van der Waals surface area contributed by atoms with Gasteiger partial charge in [0.15, 0.2) is 6.10 Å². The van der Waals surface area contributed by atoms with Gasteiger partial charge in [0.25, 0.3) is 0 Å². The van der Waals surface area contributed by atoms with Crippen LogP contribution in [0.25, 0.3) is 0 Å². The Bertz CT molecular complexity index is 510. The van der Waals surface area contributed by atoms with Crippen molar-refractivity contribution in [1.29, 1.82) is 5.26 Å². The summed E-state index contributed by atoms with van der Waals surface area (Å²) in [5.41, 5.74) is 4.58. The molecule has 1 heterocycles. The molecular weight excluding hydrogens is 259 g/mol. The molecule has 102 valence electrons. The van der Waals surface area contributed by atoms with Crippen molar-refractivity contribution in [3.05, 3.63) is 23.8 Å². The molecule has 0 saturated carbocycles. The van der Waals surface area contributed by atoms with Crippen LogP contribution >= 0.6 is 0 Å². The predicted octanol–water partition coefficient (Wildman–Crippen LogP) is 2.02. The summed E-state index contributed by atoms with van der Waals surface area (Å²) in [5, 5.41) is 8.78. The molecule has 1 fully saturated rings. The van der Waals surface area contributed by atoms with E-state index < -0.39 is 17.8 Å². The molecule has 0 radical (unpaired) electrons. The number of nitrogens with zero attached hydrogens (tertiary/aromatic N) is 2. The Morgan fingerprint density at radius 3 is 2.79 bits per heavy atom. The fourth-order valence-electron chi connectivity index (χ4n) is 1.95. The Kier molecular flexibility index (Phi) is 3.53. The maximum atomic E-state index is 12.8. The number of nitrogen functional groups attached to an aromatic ring is 1.